The summed E-state index contributed by atoms with van der Waals surface area (Å²) in [5.41, 5.74) is 6.27. The highest BCUT2D eigenvalue weighted by Gasteiger charge is 2.08. The van der Waals surface area contributed by atoms with Gasteiger partial charge in [0.05, 0.1) is 32.1 Å². The predicted molar refractivity (Wildman–Crippen MR) is 133 cm³/mol. The highest BCUT2D eigenvalue weighted by molar-refractivity contribution is 6.31. The van der Waals surface area contributed by atoms with E-state index in [4.69, 9.17) is 26.8 Å². The number of hydrogen-bond acceptors (Lipinski definition) is 6. The Kier molecular flexibility index (Phi) is 17.3. The van der Waals surface area contributed by atoms with E-state index in [1.165, 1.54) is 0 Å². The zero-order chi connectivity index (χ0) is 25.0. The number of hydrogen-bond donors (Lipinski definition) is 3. The molecule has 11 heteroatoms. The SMILES string of the molecule is C=N/C(=N\C(N)=N/CNCCC=O)c1cccc(Cl)c1.CC(C)(C)OCCOCCNC=O. The molecule has 0 aliphatic heterocycles. The maximum atomic E-state index is 10.1. The van der Waals surface area contributed by atoms with Gasteiger partial charge >= 0.3 is 0 Å². The van der Waals surface area contributed by atoms with Crippen LogP contribution in [-0.4, -0.2) is 76.4 Å². The summed E-state index contributed by atoms with van der Waals surface area (Å²) in [6.07, 6.45) is 1.92. The summed E-state index contributed by atoms with van der Waals surface area (Å²) in [5, 5.41) is 6.01. The van der Waals surface area contributed by atoms with E-state index in [0.717, 1.165) is 6.29 Å². The van der Waals surface area contributed by atoms with E-state index in [0.29, 0.717) is 62.2 Å². The van der Waals surface area contributed by atoms with Gasteiger partial charge in [0.25, 0.3) is 0 Å². The predicted octanol–water partition coefficient (Wildman–Crippen LogP) is 1.80. The first kappa shape index (κ1) is 30.3. The minimum absolute atomic E-state index is 0.0750. The van der Waals surface area contributed by atoms with E-state index in [1.807, 2.05) is 20.8 Å². The average Bonchev–Trinajstić information content (AvgIpc) is 2.76. The largest absolute Gasteiger partial charge is 0.377 e. The van der Waals surface area contributed by atoms with Crippen LogP contribution in [0.15, 0.2) is 39.2 Å². The first-order valence-corrected chi connectivity index (χ1v) is 10.8. The fourth-order valence-electron chi connectivity index (χ4n) is 2.04. The Bertz CT molecular complexity index is 765. The average molecular weight is 483 g/mol. The van der Waals surface area contributed by atoms with Crippen molar-refractivity contribution in [2.75, 3.05) is 39.6 Å². The van der Waals surface area contributed by atoms with Crippen LogP contribution in [0.25, 0.3) is 0 Å². The summed E-state index contributed by atoms with van der Waals surface area (Å²) in [4.78, 5) is 31.8. The Morgan fingerprint density at radius 3 is 2.58 bits per heavy atom. The summed E-state index contributed by atoms with van der Waals surface area (Å²) in [7, 11) is 0. The monoisotopic (exact) mass is 482 g/mol. The van der Waals surface area contributed by atoms with Crippen LogP contribution in [0.2, 0.25) is 5.02 Å². The number of guanidine groups is 1. The highest BCUT2D eigenvalue weighted by Crippen LogP contribution is 2.12. The molecule has 1 aromatic rings. The van der Waals surface area contributed by atoms with E-state index in [-0.39, 0.29) is 18.2 Å². The van der Waals surface area contributed by atoms with E-state index in [2.05, 4.69) is 32.3 Å². The molecule has 0 saturated carbocycles. The molecule has 1 aromatic carbocycles. The molecule has 0 radical (unpaired) electrons. The van der Waals surface area contributed by atoms with Crippen LogP contribution in [0.5, 0.6) is 0 Å². The molecule has 0 aromatic heterocycles. The number of nitrogens with one attached hydrogen (secondary N) is 2. The van der Waals surface area contributed by atoms with Crippen LogP contribution in [0.4, 0.5) is 0 Å². The van der Waals surface area contributed by atoms with Crippen LogP contribution in [-0.2, 0) is 19.1 Å². The Morgan fingerprint density at radius 2 is 1.97 bits per heavy atom. The number of carbonyl (C=O) groups excluding carboxylic acids is 2. The van der Waals surface area contributed by atoms with Crippen molar-refractivity contribution in [3.8, 4) is 0 Å². The van der Waals surface area contributed by atoms with E-state index < -0.39 is 0 Å². The van der Waals surface area contributed by atoms with Gasteiger partial charge in [0.2, 0.25) is 12.4 Å². The Morgan fingerprint density at radius 1 is 1.21 bits per heavy atom. The molecular formula is C22H35ClN6O4. The first-order chi connectivity index (χ1) is 15.7. The number of aliphatic imine (C=N–C) groups is 3. The molecule has 0 heterocycles. The van der Waals surface area contributed by atoms with Crippen molar-refractivity contribution in [3.05, 3.63) is 34.9 Å². The number of nitrogens with zero attached hydrogens (tertiary/aromatic N) is 3. The summed E-state index contributed by atoms with van der Waals surface area (Å²) in [5.74, 6) is 0.424. The van der Waals surface area contributed by atoms with Crippen molar-refractivity contribution in [2.24, 2.45) is 20.7 Å². The lowest BCUT2D eigenvalue weighted by atomic mass is 10.2. The van der Waals surface area contributed by atoms with Crippen LogP contribution in [0.3, 0.4) is 0 Å². The summed E-state index contributed by atoms with van der Waals surface area (Å²) in [6.45, 7) is 12.5. The zero-order valence-corrected chi connectivity index (χ0v) is 20.3. The van der Waals surface area contributed by atoms with Gasteiger partial charge in [0.15, 0.2) is 5.84 Å². The molecule has 0 aliphatic carbocycles. The second-order valence-electron chi connectivity index (χ2n) is 7.38. The molecule has 10 nitrogen and oxygen atoms in total. The second-order valence-corrected chi connectivity index (χ2v) is 7.82. The molecule has 0 aliphatic rings. The number of aldehydes is 1. The highest BCUT2D eigenvalue weighted by atomic mass is 35.5. The summed E-state index contributed by atoms with van der Waals surface area (Å²) >= 11 is 5.90. The minimum atomic E-state index is -0.107. The molecule has 184 valence electrons. The van der Waals surface area contributed by atoms with Crippen molar-refractivity contribution in [3.63, 3.8) is 0 Å². The summed E-state index contributed by atoms with van der Waals surface area (Å²) in [6, 6.07) is 7.05. The molecule has 0 fully saturated rings. The standard InChI is InChI=1S/C13H16ClN5O.C9H19NO3/c1-16-12(10-4-2-5-11(14)8-10)19-13(15)18-9-17-6-3-7-20;1-9(2,3)13-7-6-12-5-4-10-8-11/h2,4-5,7-8,17H,1,3,6,9H2,(H2,15,18);8H,4-7H2,1-3H3,(H,10,11)/b19-12-;. The Labute approximate surface area is 200 Å². The van der Waals surface area contributed by atoms with Gasteiger partial charge in [-0.15, -0.1) is 0 Å². The van der Waals surface area contributed by atoms with E-state index in [1.54, 1.807) is 24.3 Å². The Balaban J connectivity index is 0.000000684. The lowest BCUT2D eigenvalue weighted by Gasteiger charge is -2.19. The van der Waals surface area contributed by atoms with Crippen LogP contribution >= 0.6 is 11.6 Å². The van der Waals surface area contributed by atoms with Gasteiger partial charge in [-0.05, 0) is 39.6 Å². The zero-order valence-electron chi connectivity index (χ0n) is 19.6. The number of amides is 1. The minimum Gasteiger partial charge on any atom is -0.377 e. The summed E-state index contributed by atoms with van der Waals surface area (Å²) < 4.78 is 10.6. The molecule has 0 spiro atoms. The first-order valence-electron chi connectivity index (χ1n) is 10.4. The third-order valence-corrected chi connectivity index (χ3v) is 3.72. The molecule has 0 atom stereocenters. The molecule has 33 heavy (non-hydrogen) atoms. The molecular weight excluding hydrogens is 448 g/mol. The molecule has 1 amide bonds. The number of halogens is 1. The van der Waals surface area contributed by atoms with Crippen molar-refractivity contribution in [1.82, 2.24) is 10.6 Å². The molecule has 0 saturated heterocycles. The van der Waals surface area contributed by atoms with Crippen molar-refractivity contribution in [2.45, 2.75) is 32.8 Å². The van der Waals surface area contributed by atoms with Crippen LogP contribution < -0.4 is 16.4 Å². The van der Waals surface area contributed by atoms with Gasteiger partial charge in [-0.3, -0.25) is 10.1 Å². The number of benzene rings is 1. The molecule has 1 rings (SSSR count). The topological polar surface area (TPSA) is 140 Å². The third kappa shape index (κ3) is 18.6. The third-order valence-electron chi connectivity index (χ3n) is 3.48. The Hall–Kier alpha value is -2.66. The molecule has 4 N–H and O–H groups in total. The van der Waals surface area contributed by atoms with Gasteiger partial charge < -0.3 is 25.3 Å². The quantitative estimate of drug-likeness (QED) is 0.169. The van der Waals surface area contributed by atoms with Gasteiger partial charge in [0.1, 0.15) is 6.29 Å². The van der Waals surface area contributed by atoms with Gasteiger partial charge in [-0.2, -0.15) is 4.99 Å². The van der Waals surface area contributed by atoms with Crippen molar-refractivity contribution in [1.29, 1.82) is 0 Å². The maximum absolute atomic E-state index is 10.1. The lowest BCUT2D eigenvalue weighted by Crippen LogP contribution is -2.23. The molecule has 0 bridgehead atoms. The van der Waals surface area contributed by atoms with Crippen LogP contribution in [0, 0.1) is 0 Å². The van der Waals surface area contributed by atoms with Crippen LogP contribution in [0.1, 0.15) is 32.8 Å². The van der Waals surface area contributed by atoms with Gasteiger partial charge in [0, 0.05) is 30.1 Å². The normalized spacial score (nSPS) is 11.9. The maximum Gasteiger partial charge on any atom is 0.218 e. The van der Waals surface area contributed by atoms with Gasteiger partial charge in [-0.25, -0.2) is 9.98 Å². The molecule has 0 unspecified atom stereocenters. The fourth-order valence-corrected chi connectivity index (χ4v) is 2.23. The second kappa shape index (κ2) is 18.9. The fraction of sp³-hybridized carbons (Fsp3) is 0.500. The number of rotatable bonds is 13. The number of amidine groups is 1. The number of nitrogens with two attached hydrogens (primary N) is 1. The van der Waals surface area contributed by atoms with E-state index >= 15 is 0 Å². The van der Waals surface area contributed by atoms with Crippen molar-refractivity contribution >= 4 is 42.8 Å². The smallest absolute Gasteiger partial charge is 0.218 e. The van der Waals surface area contributed by atoms with Crippen molar-refractivity contribution < 1.29 is 19.1 Å². The number of ether oxygens (including phenoxy) is 2. The lowest BCUT2D eigenvalue weighted by molar-refractivity contribution is -0.110. The number of carbonyl (C=O) groups is 2. The van der Waals surface area contributed by atoms with E-state index in [9.17, 15) is 9.59 Å². The van der Waals surface area contributed by atoms with Gasteiger partial charge in [-0.1, -0.05) is 23.7 Å².